The fourth-order valence-electron chi connectivity index (χ4n) is 0.804. The molecule has 1 fully saturated rings. The monoisotopic (exact) mass is 143 g/mol. The third kappa shape index (κ3) is 1.15. The van der Waals surface area contributed by atoms with Gasteiger partial charge in [0.15, 0.2) is 0 Å². The molecule has 1 amide bonds. The molecule has 0 saturated carbocycles. The summed E-state index contributed by atoms with van der Waals surface area (Å²) in [6.07, 6.45) is 0. The maximum Gasteiger partial charge on any atom is 0.482 e. The van der Waals surface area contributed by atoms with Gasteiger partial charge in [0.1, 0.15) is 0 Å². The Balaban J connectivity index is 2.60. The first-order chi connectivity index (χ1) is 4.63. The molecule has 5 heteroatoms. The predicted octanol–water partition coefficient (Wildman–Crippen LogP) is -0.446. The molecule has 2 unspecified atom stereocenters. The van der Waals surface area contributed by atoms with Crippen molar-refractivity contribution in [3.05, 3.63) is 0 Å². The van der Waals surface area contributed by atoms with Gasteiger partial charge in [-0.25, -0.2) is 5.48 Å². The molecule has 2 N–H and O–H groups in total. The van der Waals surface area contributed by atoms with Crippen molar-refractivity contribution in [2.45, 2.75) is 19.7 Å². The average molecular weight is 143 g/mol. The molecule has 1 rings (SSSR count). The van der Waals surface area contributed by atoms with E-state index in [1.165, 1.54) is 0 Å². The number of hydrogen-bond acceptors (Lipinski definition) is 3. The van der Waals surface area contributed by atoms with Crippen molar-refractivity contribution >= 4 is 13.0 Å². The van der Waals surface area contributed by atoms with Gasteiger partial charge in [0, 0.05) is 11.7 Å². The zero-order chi connectivity index (χ0) is 7.72. The van der Waals surface area contributed by atoms with Crippen LogP contribution in [0, 0.1) is 5.92 Å². The van der Waals surface area contributed by atoms with Crippen molar-refractivity contribution in [2.24, 2.45) is 5.92 Å². The summed E-state index contributed by atoms with van der Waals surface area (Å²) in [5, 5.41) is 9.03. The van der Waals surface area contributed by atoms with Crippen molar-refractivity contribution < 1.29 is 14.6 Å². The van der Waals surface area contributed by atoms with Crippen LogP contribution >= 0.6 is 0 Å². The molecule has 1 heterocycles. The lowest BCUT2D eigenvalue weighted by Crippen LogP contribution is -2.47. The van der Waals surface area contributed by atoms with Crippen LogP contribution in [0.5, 0.6) is 0 Å². The molecule has 1 aliphatic heterocycles. The minimum absolute atomic E-state index is 0.131. The summed E-state index contributed by atoms with van der Waals surface area (Å²) in [6, 6.07) is 0. The SMILES string of the molecule is CC1B(O)ONC(=O)C1C. The normalized spacial score (nSPS) is 33.9. The molecule has 56 valence electrons. The lowest BCUT2D eigenvalue weighted by molar-refractivity contribution is -0.135. The maximum absolute atomic E-state index is 10.8. The van der Waals surface area contributed by atoms with Gasteiger partial charge in [-0.15, -0.1) is 0 Å². The van der Waals surface area contributed by atoms with E-state index in [9.17, 15) is 4.79 Å². The second kappa shape index (κ2) is 2.60. The molecule has 0 aliphatic carbocycles. The summed E-state index contributed by atoms with van der Waals surface area (Å²) >= 11 is 0. The van der Waals surface area contributed by atoms with Crippen molar-refractivity contribution in [3.8, 4) is 0 Å². The summed E-state index contributed by atoms with van der Waals surface area (Å²) in [6.45, 7) is 3.53. The number of rotatable bonds is 0. The van der Waals surface area contributed by atoms with Crippen molar-refractivity contribution in [1.82, 2.24) is 5.48 Å². The maximum atomic E-state index is 10.8. The third-order valence-corrected chi connectivity index (χ3v) is 1.93. The van der Waals surface area contributed by atoms with Crippen LogP contribution in [-0.2, 0) is 9.55 Å². The van der Waals surface area contributed by atoms with Crippen LogP contribution < -0.4 is 5.48 Å². The summed E-state index contributed by atoms with van der Waals surface area (Å²) in [5.41, 5.74) is 2.12. The van der Waals surface area contributed by atoms with Gasteiger partial charge in [0.2, 0.25) is 5.91 Å². The van der Waals surface area contributed by atoms with Gasteiger partial charge in [-0.05, 0) is 0 Å². The fraction of sp³-hybridized carbons (Fsp3) is 0.800. The zero-order valence-electron chi connectivity index (χ0n) is 6.00. The van der Waals surface area contributed by atoms with E-state index in [2.05, 4.69) is 10.2 Å². The van der Waals surface area contributed by atoms with Gasteiger partial charge >= 0.3 is 7.12 Å². The van der Waals surface area contributed by atoms with Crippen molar-refractivity contribution in [3.63, 3.8) is 0 Å². The molecule has 0 aromatic heterocycles. The van der Waals surface area contributed by atoms with Crippen LogP contribution in [0.25, 0.3) is 0 Å². The molecular weight excluding hydrogens is 133 g/mol. The number of amides is 1. The van der Waals surface area contributed by atoms with E-state index in [0.29, 0.717) is 0 Å². The lowest BCUT2D eigenvalue weighted by atomic mass is 9.66. The summed E-state index contributed by atoms with van der Waals surface area (Å²) in [4.78, 5) is 10.8. The zero-order valence-corrected chi connectivity index (χ0v) is 6.00. The quantitative estimate of drug-likeness (QED) is 0.451. The Morgan fingerprint density at radius 1 is 1.70 bits per heavy atom. The minimum Gasteiger partial charge on any atom is -0.426 e. The largest absolute Gasteiger partial charge is 0.482 e. The number of carbonyl (C=O) groups excluding carboxylic acids is 1. The molecule has 2 atom stereocenters. The van der Waals surface area contributed by atoms with Gasteiger partial charge < -0.3 is 5.02 Å². The highest BCUT2D eigenvalue weighted by Crippen LogP contribution is 2.23. The second-order valence-electron chi connectivity index (χ2n) is 2.62. The van der Waals surface area contributed by atoms with E-state index in [1.54, 1.807) is 13.8 Å². The van der Waals surface area contributed by atoms with E-state index < -0.39 is 7.12 Å². The first kappa shape index (κ1) is 7.56. The third-order valence-electron chi connectivity index (χ3n) is 1.93. The Morgan fingerprint density at radius 2 is 2.30 bits per heavy atom. The smallest absolute Gasteiger partial charge is 0.426 e. The number of nitrogens with one attached hydrogen (secondary N) is 1. The predicted molar refractivity (Wildman–Crippen MR) is 35.8 cm³/mol. The molecule has 10 heavy (non-hydrogen) atoms. The molecule has 0 bridgehead atoms. The molecule has 4 nitrogen and oxygen atoms in total. The molecule has 0 aromatic rings. The number of hydrogen-bond donors (Lipinski definition) is 2. The molecule has 1 aliphatic rings. The first-order valence-electron chi connectivity index (χ1n) is 3.26. The van der Waals surface area contributed by atoms with Gasteiger partial charge in [0.25, 0.3) is 0 Å². The van der Waals surface area contributed by atoms with E-state index in [4.69, 9.17) is 5.02 Å². The summed E-state index contributed by atoms with van der Waals surface area (Å²) in [5.74, 6) is -0.477. The Labute approximate surface area is 59.7 Å². The van der Waals surface area contributed by atoms with Crippen LogP contribution in [0.3, 0.4) is 0 Å². The Hall–Kier alpha value is -0.545. The van der Waals surface area contributed by atoms with E-state index in [1.807, 2.05) is 0 Å². The Morgan fingerprint density at radius 3 is 2.80 bits per heavy atom. The van der Waals surface area contributed by atoms with Crippen LogP contribution in [0.15, 0.2) is 0 Å². The highest BCUT2D eigenvalue weighted by atomic mass is 16.7. The summed E-state index contributed by atoms with van der Waals surface area (Å²) < 4.78 is 4.53. The lowest BCUT2D eigenvalue weighted by Gasteiger charge is -2.26. The molecule has 0 aromatic carbocycles. The fourth-order valence-corrected chi connectivity index (χ4v) is 0.804. The second-order valence-corrected chi connectivity index (χ2v) is 2.62. The standard InChI is InChI=1S/C5H10BNO3/c1-3-4(2)6(9)10-7-5(3)8/h3-4,9H,1-2H3,(H,7,8). The molecular formula is C5H10BNO3. The highest BCUT2D eigenvalue weighted by Gasteiger charge is 2.37. The van der Waals surface area contributed by atoms with Gasteiger partial charge in [-0.2, -0.15) is 0 Å². The topological polar surface area (TPSA) is 58.6 Å². The molecule has 1 saturated heterocycles. The average Bonchev–Trinajstić information content (AvgIpc) is 1.93. The van der Waals surface area contributed by atoms with Crippen LogP contribution in [0.4, 0.5) is 0 Å². The van der Waals surface area contributed by atoms with E-state index in [0.717, 1.165) is 0 Å². The Kier molecular flexibility index (Phi) is 1.96. The van der Waals surface area contributed by atoms with Crippen LogP contribution in [-0.4, -0.2) is 18.0 Å². The van der Waals surface area contributed by atoms with Crippen molar-refractivity contribution in [2.75, 3.05) is 0 Å². The first-order valence-corrected chi connectivity index (χ1v) is 3.26. The minimum atomic E-state index is -0.868. The summed E-state index contributed by atoms with van der Waals surface area (Å²) in [7, 11) is -0.868. The number of hydroxylamine groups is 1. The van der Waals surface area contributed by atoms with Crippen molar-refractivity contribution in [1.29, 1.82) is 0 Å². The molecule has 0 spiro atoms. The van der Waals surface area contributed by atoms with Gasteiger partial charge in [-0.1, -0.05) is 13.8 Å². The van der Waals surface area contributed by atoms with Gasteiger partial charge in [-0.3, -0.25) is 9.55 Å². The van der Waals surface area contributed by atoms with Crippen LogP contribution in [0.1, 0.15) is 13.8 Å². The van der Waals surface area contributed by atoms with E-state index >= 15 is 0 Å². The number of carbonyl (C=O) groups is 1. The van der Waals surface area contributed by atoms with E-state index in [-0.39, 0.29) is 17.6 Å². The Bertz CT molecular complexity index is 152. The molecule has 0 radical (unpaired) electrons. The highest BCUT2D eigenvalue weighted by molar-refractivity contribution is 6.46. The van der Waals surface area contributed by atoms with Gasteiger partial charge in [0.05, 0.1) is 0 Å². The van der Waals surface area contributed by atoms with Crippen LogP contribution in [0.2, 0.25) is 5.82 Å².